The first kappa shape index (κ1) is 14.7. The molecule has 120 valence electrons. The summed E-state index contributed by atoms with van der Waals surface area (Å²) in [5.74, 6) is 2.51. The van der Waals surface area contributed by atoms with Gasteiger partial charge in [0.15, 0.2) is 5.78 Å². The van der Waals surface area contributed by atoms with E-state index in [9.17, 15) is 4.79 Å². The fourth-order valence-corrected chi connectivity index (χ4v) is 6.54. The van der Waals surface area contributed by atoms with Crippen molar-refractivity contribution < 1.29 is 9.53 Å². The van der Waals surface area contributed by atoms with E-state index in [-0.39, 0.29) is 11.2 Å². The second-order valence-electron chi connectivity index (χ2n) is 8.45. The first-order valence-electron chi connectivity index (χ1n) is 8.96. The van der Waals surface area contributed by atoms with E-state index in [1.807, 2.05) is 19.3 Å². The van der Waals surface area contributed by atoms with Gasteiger partial charge in [-0.1, -0.05) is 25.5 Å². The van der Waals surface area contributed by atoms with Gasteiger partial charge in [0.05, 0.1) is 6.10 Å². The fourth-order valence-electron chi connectivity index (χ4n) is 6.54. The number of hydrogen-bond donors (Lipinski definition) is 0. The van der Waals surface area contributed by atoms with E-state index in [0.717, 1.165) is 18.3 Å². The second kappa shape index (κ2) is 4.80. The van der Waals surface area contributed by atoms with Crippen molar-refractivity contribution in [2.75, 3.05) is 7.11 Å². The number of allylic oxidation sites excluding steroid dienone is 4. The maximum Gasteiger partial charge on any atom is 0.178 e. The van der Waals surface area contributed by atoms with Gasteiger partial charge in [-0.15, -0.1) is 0 Å². The lowest BCUT2D eigenvalue weighted by atomic mass is 9.48. The van der Waals surface area contributed by atoms with Gasteiger partial charge in [0, 0.05) is 12.5 Å². The van der Waals surface area contributed by atoms with E-state index in [1.165, 1.54) is 37.7 Å². The van der Waals surface area contributed by atoms with Gasteiger partial charge in [0.2, 0.25) is 0 Å². The summed E-state index contributed by atoms with van der Waals surface area (Å²) in [6.07, 6.45) is 13.9. The molecule has 22 heavy (non-hydrogen) atoms. The van der Waals surface area contributed by atoms with Crippen LogP contribution in [0, 0.1) is 28.6 Å². The van der Waals surface area contributed by atoms with Crippen molar-refractivity contribution in [3.05, 3.63) is 23.8 Å². The van der Waals surface area contributed by atoms with E-state index in [0.29, 0.717) is 17.4 Å². The minimum Gasteiger partial charge on any atom is -0.381 e. The van der Waals surface area contributed by atoms with Gasteiger partial charge in [0.1, 0.15) is 0 Å². The number of methoxy groups -OCH3 is 1. The van der Waals surface area contributed by atoms with Gasteiger partial charge in [-0.2, -0.15) is 0 Å². The van der Waals surface area contributed by atoms with Crippen molar-refractivity contribution in [3.63, 3.8) is 0 Å². The Kier molecular flexibility index (Phi) is 3.21. The molecular weight excluding hydrogens is 272 g/mol. The van der Waals surface area contributed by atoms with Crippen LogP contribution in [0.5, 0.6) is 0 Å². The van der Waals surface area contributed by atoms with Crippen LogP contribution in [0.2, 0.25) is 0 Å². The third-order valence-corrected chi connectivity index (χ3v) is 7.75. The number of ether oxygens (including phenoxy) is 1. The predicted molar refractivity (Wildman–Crippen MR) is 87.4 cm³/mol. The third-order valence-electron chi connectivity index (χ3n) is 7.75. The fraction of sp³-hybridized carbons (Fsp3) is 0.750. The van der Waals surface area contributed by atoms with E-state index >= 15 is 0 Å². The SMILES string of the molecule is CO[C@H]1CC[C@H]2[C@@H]3CCC4=CC(=O)C=C[C@]4(C)[C@H]3CC[C@]12C. The quantitative estimate of drug-likeness (QED) is 0.721. The lowest BCUT2D eigenvalue weighted by Gasteiger charge is -2.56. The summed E-state index contributed by atoms with van der Waals surface area (Å²) in [6, 6.07) is 0. The molecule has 0 aromatic carbocycles. The van der Waals surface area contributed by atoms with E-state index in [1.54, 1.807) is 0 Å². The molecule has 2 nitrogen and oxygen atoms in total. The van der Waals surface area contributed by atoms with Crippen LogP contribution in [-0.2, 0) is 9.53 Å². The highest BCUT2D eigenvalue weighted by molar-refractivity contribution is 6.01. The standard InChI is InChI=1S/C20H28O2/c1-19-10-8-14(21)12-13(19)4-5-15-16-6-7-18(22-3)20(16,2)11-9-17(15)19/h8,10,12,15-18H,4-7,9,11H2,1-3H3/t15-,16-,17-,18-,19-,20-/m0/s1. The summed E-state index contributed by atoms with van der Waals surface area (Å²) in [5, 5.41) is 0. The normalized spacial score (nSPS) is 50.1. The van der Waals surface area contributed by atoms with Crippen molar-refractivity contribution in [2.45, 2.75) is 58.5 Å². The van der Waals surface area contributed by atoms with Gasteiger partial charge in [-0.3, -0.25) is 4.79 Å². The highest BCUT2D eigenvalue weighted by atomic mass is 16.5. The molecule has 4 aliphatic rings. The Hall–Kier alpha value is -0.890. The molecule has 3 fully saturated rings. The van der Waals surface area contributed by atoms with Crippen LogP contribution < -0.4 is 0 Å². The van der Waals surface area contributed by atoms with Crippen molar-refractivity contribution in [3.8, 4) is 0 Å². The Morgan fingerprint density at radius 1 is 1.14 bits per heavy atom. The molecule has 0 amide bonds. The molecule has 0 N–H and O–H groups in total. The summed E-state index contributed by atoms with van der Waals surface area (Å²) in [4.78, 5) is 11.8. The lowest BCUT2D eigenvalue weighted by Crippen LogP contribution is -2.50. The molecule has 0 saturated heterocycles. The van der Waals surface area contributed by atoms with Crippen molar-refractivity contribution in [1.82, 2.24) is 0 Å². The van der Waals surface area contributed by atoms with Gasteiger partial charge < -0.3 is 4.74 Å². The molecule has 0 unspecified atom stereocenters. The lowest BCUT2D eigenvalue weighted by molar-refractivity contribution is -0.111. The number of carbonyl (C=O) groups excluding carboxylic acids is 1. The molecule has 0 aliphatic heterocycles. The van der Waals surface area contributed by atoms with Crippen molar-refractivity contribution >= 4 is 5.78 Å². The summed E-state index contributed by atoms with van der Waals surface area (Å²) in [7, 11) is 1.89. The van der Waals surface area contributed by atoms with E-state index in [4.69, 9.17) is 4.74 Å². The zero-order valence-corrected chi connectivity index (χ0v) is 14.1. The Balaban J connectivity index is 1.68. The Morgan fingerprint density at radius 2 is 1.95 bits per heavy atom. The molecular formula is C20H28O2. The maximum atomic E-state index is 11.8. The van der Waals surface area contributed by atoms with Crippen LogP contribution in [0.3, 0.4) is 0 Å². The molecule has 0 spiro atoms. The molecule has 0 radical (unpaired) electrons. The molecule has 4 rings (SSSR count). The van der Waals surface area contributed by atoms with Gasteiger partial charge in [-0.25, -0.2) is 0 Å². The molecule has 2 heteroatoms. The second-order valence-corrected chi connectivity index (χ2v) is 8.45. The van der Waals surface area contributed by atoms with Gasteiger partial charge >= 0.3 is 0 Å². The highest BCUT2D eigenvalue weighted by Gasteiger charge is 2.58. The van der Waals surface area contributed by atoms with Crippen LogP contribution in [0.25, 0.3) is 0 Å². The summed E-state index contributed by atoms with van der Waals surface area (Å²) >= 11 is 0. The van der Waals surface area contributed by atoms with Gasteiger partial charge in [-0.05, 0) is 73.8 Å². The van der Waals surface area contributed by atoms with Crippen LogP contribution in [0.4, 0.5) is 0 Å². The number of carbonyl (C=O) groups is 1. The number of ketones is 1. The molecule has 0 aromatic heterocycles. The van der Waals surface area contributed by atoms with Crippen molar-refractivity contribution in [1.29, 1.82) is 0 Å². The highest BCUT2D eigenvalue weighted by Crippen LogP contribution is 2.64. The summed E-state index contributed by atoms with van der Waals surface area (Å²) in [6.45, 7) is 4.85. The molecule has 3 saturated carbocycles. The average Bonchev–Trinajstić information content (AvgIpc) is 2.84. The minimum atomic E-state index is 0.128. The molecule has 0 bridgehead atoms. The smallest absolute Gasteiger partial charge is 0.178 e. The van der Waals surface area contributed by atoms with E-state index in [2.05, 4.69) is 19.9 Å². The largest absolute Gasteiger partial charge is 0.381 e. The van der Waals surface area contributed by atoms with Crippen LogP contribution >= 0.6 is 0 Å². The molecule has 0 heterocycles. The predicted octanol–water partition coefficient (Wildman–Crippen LogP) is 4.31. The Morgan fingerprint density at radius 3 is 2.73 bits per heavy atom. The Labute approximate surface area is 134 Å². The third kappa shape index (κ3) is 1.79. The Bertz CT molecular complexity index is 560. The first-order valence-corrected chi connectivity index (χ1v) is 8.96. The molecule has 6 atom stereocenters. The zero-order valence-electron chi connectivity index (χ0n) is 14.1. The summed E-state index contributed by atoms with van der Waals surface area (Å²) in [5.41, 5.74) is 1.90. The van der Waals surface area contributed by atoms with Crippen LogP contribution in [-0.4, -0.2) is 19.0 Å². The topological polar surface area (TPSA) is 26.3 Å². The zero-order chi connectivity index (χ0) is 15.5. The molecule has 0 aromatic rings. The van der Waals surface area contributed by atoms with Crippen LogP contribution in [0.15, 0.2) is 23.8 Å². The van der Waals surface area contributed by atoms with Crippen LogP contribution in [0.1, 0.15) is 52.4 Å². The average molecular weight is 300 g/mol. The molecule has 4 aliphatic carbocycles. The monoisotopic (exact) mass is 300 g/mol. The minimum absolute atomic E-state index is 0.128. The first-order chi connectivity index (χ1) is 10.5. The number of fused-ring (bicyclic) bond motifs is 5. The van der Waals surface area contributed by atoms with Gasteiger partial charge in [0.25, 0.3) is 0 Å². The number of rotatable bonds is 1. The maximum absolute atomic E-state index is 11.8. The van der Waals surface area contributed by atoms with E-state index < -0.39 is 0 Å². The van der Waals surface area contributed by atoms with Crippen molar-refractivity contribution in [2.24, 2.45) is 28.6 Å². The number of hydrogen-bond acceptors (Lipinski definition) is 2. The summed E-state index contributed by atoms with van der Waals surface area (Å²) < 4.78 is 5.84.